The Morgan fingerprint density at radius 2 is 1.70 bits per heavy atom. The van der Waals surface area contributed by atoms with Crippen molar-refractivity contribution in [2.24, 2.45) is 0 Å². The maximum atomic E-state index is 12.4. The first-order valence-corrected chi connectivity index (χ1v) is 9.22. The monoisotopic (exact) mass is 399 g/mol. The van der Waals surface area contributed by atoms with E-state index in [1.807, 2.05) is 0 Å². The fraction of sp³-hybridized carbons (Fsp3) is 0.556. The molecule has 2 amide bonds. The van der Waals surface area contributed by atoms with Crippen molar-refractivity contribution >= 4 is 29.3 Å². The zero-order valence-corrected chi connectivity index (χ0v) is 16.7. The summed E-state index contributed by atoms with van der Waals surface area (Å²) in [5, 5.41) is 3.64. The van der Waals surface area contributed by atoms with Crippen LogP contribution in [0, 0.1) is 0 Å². The van der Waals surface area contributed by atoms with Crippen molar-refractivity contribution in [3.8, 4) is 11.5 Å². The quantitative estimate of drug-likeness (QED) is 0.758. The van der Waals surface area contributed by atoms with Crippen LogP contribution in [0.25, 0.3) is 0 Å². The van der Waals surface area contributed by atoms with Gasteiger partial charge in [0.05, 0.1) is 31.5 Å². The van der Waals surface area contributed by atoms with E-state index >= 15 is 0 Å². The fourth-order valence-corrected chi connectivity index (χ4v) is 3.04. The fourth-order valence-electron chi connectivity index (χ4n) is 2.81. The van der Waals surface area contributed by atoms with E-state index in [1.54, 1.807) is 36.0 Å². The Balaban J connectivity index is 1.82. The number of anilines is 1. The normalized spacial score (nSPS) is 13.9. The number of hydrogen-bond acceptors (Lipinski definition) is 6. The molecule has 2 rings (SSSR count). The number of halogens is 1. The lowest BCUT2D eigenvalue weighted by Gasteiger charge is -2.34. The van der Waals surface area contributed by atoms with Crippen molar-refractivity contribution in [3.63, 3.8) is 0 Å². The number of piperazine rings is 1. The third-order valence-electron chi connectivity index (χ3n) is 4.29. The average Bonchev–Trinajstić information content (AvgIpc) is 2.68. The van der Waals surface area contributed by atoms with E-state index in [-0.39, 0.29) is 12.0 Å². The lowest BCUT2D eigenvalue weighted by molar-refractivity contribution is -0.132. The van der Waals surface area contributed by atoms with Crippen LogP contribution in [0.3, 0.4) is 0 Å². The third kappa shape index (κ3) is 5.56. The van der Waals surface area contributed by atoms with Crippen LogP contribution < -0.4 is 14.8 Å². The van der Waals surface area contributed by atoms with E-state index in [0.717, 1.165) is 0 Å². The molecule has 150 valence electrons. The van der Waals surface area contributed by atoms with Crippen molar-refractivity contribution in [2.75, 3.05) is 58.9 Å². The van der Waals surface area contributed by atoms with Gasteiger partial charge in [-0.25, -0.2) is 4.79 Å². The third-order valence-corrected chi connectivity index (χ3v) is 4.58. The van der Waals surface area contributed by atoms with Crippen LogP contribution in [-0.2, 0) is 9.53 Å². The topological polar surface area (TPSA) is 80.3 Å². The van der Waals surface area contributed by atoms with Crippen LogP contribution in [0.4, 0.5) is 10.5 Å². The number of nitrogens with one attached hydrogen (secondary N) is 1. The molecule has 0 aromatic heterocycles. The summed E-state index contributed by atoms with van der Waals surface area (Å²) >= 11 is 6.09. The lowest BCUT2D eigenvalue weighted by Crippen LogP contribution is -2.50. The van der Waals surface area contributed by atoms with Gasteiger partial charge in [0.25, 0.3) is 0 Å². The summed E-state index contributed by atoms with van der Waals surface area (Å²) in [5.74, 6) is 1.14. The minimum Gasteiger partial charge on any atom is -0.495 e. The number of amides is 2. The smallest absolute Gasteiger partial charge is 0.409 e. The van der Waals surface area contributed by atoms with Gasteiger partial charge in [0.2, 0.25) is 5.91 Å². The van der Waals surface area contributed by atoms with Gasteiger partial charge in [-0.1, -0.05) is 11.6 Å². The standard InChI is InChI=1S/C18H26ClN3O5/c1-4-27-18(24)22-9-7-21(8-10-22)17(23)5-6-20-14-12-15(25-2)13(19)11-16(14)26-3/h11-12,20H,4-10H2,1-3H3. The first-order valence-electron chi connectivity index (χ1n) is 8.85. The molecule has 1 fully saturated rings. The van der Waals surface area contributed by atoms with Gasteiger partial charge < -0.3 is 29.3 Å². The van der Waals surface area contributed by atoms with Crippen molar-refractivity contribution in [1.82, 2.24) is 9.80 Å². The Morgan fingerprint density at radius 1 is 1.07 bits per heavy atom. The summed E-state index contributed by atoms with van der Waals surface area (Å²) in [5.41, 5.74) is 0.707. The van der Waals surface area contributed by atoms with Gasteiger partial charge in [0.15, 0.2) is 0 Å². The van der Waals surface area contributed by atoms with E-state index in [2.05, 4.69) is 5.32 Å². The number of benzene rings is 1. The molecular weight excluding hydrogens is 374 g/mol. The van der Waals surface area contributed by atoms with Gasteiger partial charge in [0.1, 0.15) is 11.5 Å². The highest BCUT2D eigenvalue weighted by molar-refractivity contribution is 6.32. The summed E-state index contributed by atoms with van der Waals surface area (Å²) in [6.07, 6.45) is 0.00286. The number of hydrogen-bond donors (Lipinski definition) is 1. The number of carbonyl (C=O) groups is 2. The lowest BCUT2D eigenvalue weighted by atomic mass is 10.2. The maximum absolute atomic E-state index is 12.4. The number of nitrogens with zero attached hydrogens (tertiary/aromatic N) is 2. The Bertz CT molecular complexity index is 663. The van der Waals surface area contributed by atoms with Crippen LogP contribution in [-0.4, -0.2) is 75.4 Å². The zero-order valence-electron chi connectivity index (χ0n) is 15.9. The van der Waals surface area contributed by atoms with Crippen LogP contribution in [0.5, 0.6) is 11.5 Å². The maximum Gasteiger partial charge on any atom is 0.409 e. The summed E-state index contributed by atoms with van der Waals surface area (Å²) < 4.78 is 15.5. The molecule has 1 aliphatic heterocycles. The van der Waals surface area contributed by atoms with Crippen LogP contribution >= 0.6 is 11.6 Å². The zero-order chi connectivity index (χ0) is 19.8. The van der Waals surface area contributed by atoms with E-state index in [4.69, 9.17) is 25.8 Å². The molecule has 1 aliphatic rings. The molecule has 9 heteroatoms. The first kappa shape index (κ1) is 21.0. The number of carbonyl (C=O) groups excluding carboxylic acids is 2. The number of rotatable bonds is 7. The summed E-state index contributed by atoms with van der Waals surface area (Å²) in [6, 6.07) is 3.41. The van der Waals surface area contributed by atoms with Crippen molar-refractivity contribution in [1.29, 1.82) is 0 Å². The minimum atomic E-state index is -0.324. The van der Waals surface area contributed by atoms with Gasteiger partial charge in [0, 0.05) is 51.3 Å². The average molecular weight is 400 g/mol. The second-order valence-electron chi connectivity index (χ2n) is 5.93. The molecule has 0 radical (unpaired) electrons. The molecule has 0 saturated carbocycles. The second kappa shape index (κ2) is 10.1. The minimum absolute atomic E-state index is 0.0332. The van der Waals surface area contributed by atoms with Gasteiger partial charge in [-0.05, 0) is 6.92 Å². The second-order valence-corrected chi connectivity index (χ2v) is 6.34. The number of methoxy groups -OCH3 is 2. The molecule has 0 atom stereocenters. The van der Waals surface area contributed by atoms with E-state index in [9.17, 15) is 9.59 Å². The van der Waals surface area contributed by atoms with Crippen molar-refractivity contribution < 1.29 is 23.8 Å². The molecule has 0 bridgehead atoms. The number of ether oxygens (including phenoxy) is 3. The van der Waals surface area contributed by atoms with E-state index < -0.39 is 0 Å². The summed E-state index contributed by atoms with van der Waals surface area (Å²) in [7, 11) is 3.09. The Kier molecular flexibility index (Phi) is 7.84. The van der Waals surface area contributed by atoms with E-state index in [0.29, 0.717) is 68.0 Å². The predicted octanol–water partition coefficient (Wildman–Crippen LogP) is 2.46. The molecule has 0 unspecified atom stereocenters. The SMILES string of the molecule is CCOC(=O)N1CCN(C(=O)CCNc2cc(OC)c(Cl)cc2OC)CC1. The molecule has 8 nitrogen and oxygen atoms in total. The highest BCUT2D eigenvalue weighted by atomic mass is 35.5. The molecule has 0 aliphatic carbocycles. The summed E-state index contributed by atoms with van der Waals surface area (Å²) in [6.45, 7) is 4.56. The molecule has 27 heavy (non-hydrogen) atoms. The Morgan fingerprint density at radius 3 is 2.30 bits per heavy atom. The molecule has 1 aromatic rings. The van der Waals surface area contributed by atoms with Crippen molar-refractivity contribution in [2.45, 2.75) is 13.3 Å². The van der Waals surface area contributed by atoms with E-state index in [1.165, 1.54) is 7.11 Å². The molecule has 1 aromatic carbocycles. The summed E-state index contributed by atoms with van der Waals surface area (Å²) in [4.78, 5) is 27.5. The highest BCUT2D eigenvalue weighted by Crippen LogP contribution is 2.35. The van der Waals surface area contributed by atoms with Crippen LogP contribution in [0.2, 0.25) is 5.02 Å². The van der Waals surface area contributed by atoms with Crippen LogP contribution in [0.15, 0.2) is 12.1 Å². The van der Waals surface area contributed by atoms with Gasteiger partial charge in [-0.15, -0.1) is 0 Å². The predicted molar refractivity (Wildman–Crippen MR) is 103 cm³/mol. The Labute approximate surface area is 164 Å². The molecular formula is C18H26ClN3O5. The highest BCUT2D eigenvalue weighted by Gasteiger charge is 2.24. The van der Waals surface area contributed by atoms with Gasteiger partial charge >= 0.3 is 6.09 Å². The Hall–Kier alpha value is -2.35. The molecule has 1 saturated heterocycles. The van der Waals surface area contributed by atoms with Crippen LogP contribution in [0.1, 0.15) is 13.3 Å². The van der Waals surface area contributed by atoms with Gasteiger partial charge in [-0.2, -0.15) is 0 Å². The first-order chi connectivity index (χ1) is 13.0. The molecule has 0 spiro atoms. The van der Waals surface area contributed by atoms with Gasteiger partial charge in [-0.3, -0.25) is 4.79 Å². The van der Waals surface area contributed by atoms with Crippen molar-refractivity contribution in [3.05, 3.63) is 17.2 Å². The largest absolute Gasteiger partial charge is 0.495 e. The molecule has 1 N–H and O–H groups in total. The molecule has 1 heterocycles.